The number of aromatic nitrogens is 2. The van der Waals surface area contributed by atoms with Crippen LogP contribution in [0.25, 0.3) is 11.4 Å². The van der Waals surface area contributed by atoms with Gasteiger partial charge in [-0.1, -0.05) is 47.6 Å². The van der Waals surface area contributed by atoms with Crippen LogP contribution in [0.4, 0.5) is 5.69 Å². The maximum absolute atomic E-state index is 12.7. The zero-order chi connectivity index (χ0) is 22.6. The van der Waals surface area contributed by atoms with E-state index in [2.05, 4.69) is 10.1 Å². The monoisotopic (exact) mass is 441 g/mol. The number of ether oxygens (including phenoxy) is 2. The predicted octanol–water partition coefficient (Wildman–Crippen LogP) is 4.84. The van der Waals surface area contributed by atoms with Gasteiger partial charge in [0.2, 0.25) is 17.6 Å². The highest BCUT2D eigenvalue weighted by Crippen LogP contribution is 2.36. The number of benzene rings is 3. The lowest BCUT2D eigenvalue weighted by Crippen LogP contribution is -2.24. The van der Waals surface area contributed by atoms with Crippen LogP contribution in [0.15, 0.2) is 83.4 Å². The largest absolute Gasteiger partial charge is 0.495 e. The van der Waals surface area contributed by atoms with Crippen LogP contribution in [0.2, 0.25) is 0 Å². The van der Waals surface area contributed by atoms with Crippen molar-refractivity contribution in [2.24, 2.45) is 0 Å². The molecule has 2 heterocycles. The van der Waals surface area contributed by atoms with E-state index >= 15 is 0 Å². The van der Waals surface area contributed by atoms with Crippen molar-refractivity contribution >= 4 is 11.6 Å². The van der Waals surface area contributed by atoms with Crippen LogP contribution >= 0.6 is 0 Å². The number of para-hydroxylation sites is 2. The molecule has 1 aliphatic rings. The van der Waals surface area contributed by atoms with Gasteiger partial charge in [0, 0.05) is 18.5 Å². The van der Waals surface area contributed by atoms with E-state index in [-0.39, 0.29) is 11.8 Å². The lowest BCUT2D eigenvalue weighted by molar-refractivity contribution is -0.117. The first-order valence-electron chi connectivity index (χ1n) is 10.8. The SMILES string of the molecule is COc1ccccc1N1CC(c2nc(-c3ccc(OCc4ccccc4)cc3)no2)CC1=O. The van der Waals surface area contributed by atoms with Crippen LogP contribution in [-0.2, 0) is 11.4 Å². The van der Waals surface area contributed by atoms with Gasteiger partial charge in [-0.25, -0.2) is 0 Å². The normalized spacial score (nSPS) is 15.6. The molecule has 7 nitrogen and oxygen atoms in total. The lowest BCUT2D eigenvalue weighted by Gasteiger charge is -2.18. The van der Waals surface area contributed by atoms with E-state index in [4.69, 9.17) is 14.0 Å². The van der Waals surface area contributed by atoms with E-state index in [0.717, 1.165) is 22.6 Å². The summed E-state index contributed by atoms with van der Waals surface area (Å²) in [5.74, 6) is 2.21. The molecule has 1 aromatic heterocycles. The summed E-state index contributed by atoms with van der Waals surface area (Å²) < 4.78 is 16.8. The summed E-state index contributed by atoms with van der Waals surface area (Å²) in [7, 11) is 1.60. The molecule has 1 saturated heterocycles. The van der Waals surface area contributed by atoms with E-state index < -0.39 is 0 Å². The van der Waals surface area contributed by atoms with Gasteiger partial charge in [-0.15, -0.1) is 0 Å². The molecular weight excluding hydrogens is 418 g/mol. The summed E-state index contributed by atoms with van der Waals surface area (Å²) in [5, 5.41) is 4.13. The summed E-state index contributed by atoms with van der Waals surface area (Å²) >= 11 is 0. The van der Waals surface area contributed by atoms with Gasteiger partial charge >= 0.3 is 0 Å². The molecule has 0 N–H and O–H groups in total. The third-order valence-corrected chi connectivity index (χ3v) is 5.65. The molecule has 1 unspecified atom stereocenters. The Morgan fingerprint density at radius 2 is 1.76 bits per heavy atom. The Kier molecular flexibility index (Phi) is 5.76. The third kappa shape index (κ3) is 4.43. The number of carbonyl (C=O) groups excluding carboxylic acids is 1. The predicted molar refractivity (Wildman–Crippen MR) is 123 cm³/mol. The van der Waals surface area contributed by atoms with Gasteiger partial charge in [-0.3, -0.25) is 4.79 Å². The van der Waals surface area contributed by atoms with E-state index in [1.165, 1.54) is 0 Å². The summed E-state index contributed by atoms with van der Waals surface area (Å²) in [6.45, 7) is 0.970. The fourth-order valence-corrected chi connectivity index (χ4v) is 3.92. The van der Waals surface area contributed by atoms with E-state index in [1.54, 1.807) is 12.0 Å². The summed E-state index contributed by atoms with van der Waals surface area (Å²) in [6, 6.07) is 25.1. The standard InChI is InChI=1S/C26H23N3O4/c1-31-23-10-6-5-9-22(23)29-16-20(15-24(29)30)26-27-25(28-33-26)19-11-13-21(14-12-19)32-17-18-7-3-2-4-8-18/h2-14,20H,15-17H2,1H3. The second kappa shape index (κ2) is 9.16. The smallest absolute Gasteiger partial charge is 0.232 e. The van der Waals surface area contributed by atoms with Crippen molar-refractivity contribution in [3.63, 3.8) is 0 Å². The molecule has 0 spiro atoms. The van der Waals surface area contributed by atoms with Crippen molar-refractivity contribution in [2.75, 3.05) is 18.6 Å². The van der Waals surface area contributed by atoms with Gasteiger partial charge in [0.1, 0.15) is 18.1 Å². The van der Waals surface area contributed by atoms with Crippen LogP contribution in [-0.4, -0.2) is 29.7 Å². The van der Waals surface area contributed by atoms with Gasteiger partial charge in [-0.05, 0) is 42.0 Å². The molecule has 0 saturated carbocycles. The van der Waals surface area contributed by atoms with Gasteiger partial charge in [0.25, 0.3) is 0 Å². The Morgan fingerprint density at radius 3 is 2.55 bits per heavy atom. The highest BCUT2D eigenvalue weighted by molar-refractivity contribution is 5.97. The zero-order valence-electron chi connectivity index (χ0n) is 18.2. The second-order valence-electron chi connectivity index (χ2n) is 7.83. The first kappa shape index (κ1) is 20.8. The Labute approximate surface area is 191 Å². The Hall–Kier alpha value is -4.13. The molecule has 5 rings (SSSR count). The van der Waals surface area contributed by atoms with E-state index in [1.807, 2.05) is 78.9 Å². The molecule has 0 bridgehead atoms. The molecule has 4 aromatic rings. The Morgan fingerprint density at radius 1 is 1.00 bits per heavy atom. The molecule has 0 aliphatic carbocycles. The number of hydrogen-bond donors (Lipinski definition) is 0. The molecular formula is C26H23N3O4. The molecule has 1 atom stereocenters. The van der Waals surface area contributed by atoms with E-state index in [0.29, 0.717) is 37.0 Å². The van der Waals surface area contributed by atoms with Crippen LogP contribution in [0.3, 0.4) is 0 Å². The Bertz CT molecular complexity index is 1240. The lowest BCUT2D eigenvalue weighted by atomic mass is 10.1. The number of carbonyl (C=O) groups is 1. The van der Waals surface area contributed by atoms with Crippen LogP contribution in [0.1, 0.15) is 23.8 Å². The molecule has 1 fully saturated rings. The maximum Gasteiger partial charge on any atom is 0.232 e. The average molecular weight is 441 g/mol. The Balaban J connectivity index is 1.26. The van der Waals surface area contributed by atoms with E-state index in [9.17, 15) is 4.79 Å². The van der Waals surface area contributed by atoms with Crippen molar-refractivity contribution < 1.29 is 18.8 Å². The fourth-order valence-electron chi connectivity index (χ4n) is 3.92. The topological polar surface area (TPSA) is 77.7 Å². The minimum absolute atomic E-state index is 0.00386. The van der Waals surface area contributed by atoms with Gasteiger partial charge < -0.3 is 18.9 Å². The number of rotatable bonds is 7. The number of anilines is 1. The number of hydrogen-bond acceptors (Lipinski definition) is 6. The minimum Gasteiger partial charge on any atom is -0.495 e. The quantitative estimate of drug-likeness (QED) is 0.408. The van der Waals surface area contributed by atoms with Crippen LogP contribution in [0.5, 0.6) is 11.5 Å². The van der Waals surface area contributed by atoms with Gasteiger partial charge in [0.15, 0.2) is 0 Å². The van der Waals surface area contributed by atoms with Crippen molar-refractivity contribution in [3.05, 3.63) is 90.3 Å². The minimum atomic E-state index is -0.169. The summed E-state index contributed by atoms with van der Waals surface area (Å²) in [4.78, 5) is 18.9. The second-order valence-corrected chi connectivity index (χ2v) is 7.83. The summed E-state index contributed by atoms with van der Waals surface area (Å²) in [5.41, 5.74) is 2.68. The fraction of sp³-hybridized carbons (Fsp3) is 0.192. The number of amides is 1. The summed E-state index contributed by atoms with van der Waals surface area (Å²) in [6.07, 6.45) is 0.311. The van der Waals surface area contributed by atoms with Crippen molar-refractivity contribution in [1.29, 1.82) is 0 Å². The zero-order valence-corrected chi connectivity index (χ0v) is 18.2. The van der Waals surface area contributed by atoms with Crippen molar-refractivity contribution in [2.45, 2.75) is 18.9 Å². The number of methoxy groups -OCH3 is 1. The van der Waals surface area contributed by atoms with Gasteiger partial charge in [-0.2, -0.15) is 4.98 Å². The molecule has 166 valence electrons. The molecule has 1 amide bonds. The first-order valence-corrected chi connectivity index (χ1v) is 10.8. The molecule has 3 aromatic carbocycles. The van der Waals surface area contributed by atoms with Gasteiger partial charge in [0.05, 0.1) is 18.7 Å². The highest BCUT2D eigenvalue weighted by Gasteiger charge is 2.36. The third-order valence-electron chi connectivity index (χ3n) is 5.65. The van der Waals surface area contributed by atoms with Crippen LogP contribution in [0, 0.1) is 0 Å². The average Bonchev–Trinajstić information content (AvgIpc) is 3.51. The van der Waals surface area contributed by atoms with Crippen molar-refractivity contribution in [3.8, 4) is 22.9 Å². The first-order chi connectivity index (χ1) is 16.2. The highest BCUT2D eigenvalue weighted by atomic mass is 16.5. The molecule has 0 radical (unpaired) electrons. The maximum atomic E-state index is 12.7. The number of nitrogens with zero attached hydrogens (tertiary/aromatic N) is 3. The molecule has 1 aliphatic heterocycles. The van der Waals surface area contributed by atoms with Crippen molar-refractivity contribution in [1.82, 2.24) is 10.1 Å². The van der Waals surface area contributed by atoms with Crippen LogP contribution < -0.4 is 14.4 Å². The molecule has 7 heteroatoms. The molecule has 33 heavy (non-hydrogen) atoms.